The van der Waals surface area contributed by atoms with Crippen LogP contribution in [0.15, 0.2) is 47.4 Å². The van der Waals surface area contributed by atoms with E-state index >= 15 is 0 Å². The molecule has 1 aliphatic rings. The van der Waals surface area contributed by atoms with E-state index in [1.165, 1.54) is 22.9 Å². The van der Waals surface area contributed by atoms with Gasteiger partial charge >= 0.3 is 0 Å². The SMILES string of the molecule is COc1cccc(C(NCc2cc(=O)n3[nH]ccc3n2)C2CC2)c1. The minimum absolute atomic E-state index is 0.0915. The highest BCUT2D eigenvalue weighted by Crippen LogP contribution is 2.41. The third kappa shape index (κ3) is 2.92. The third-order valence-corrected chi connectivity index (χ3v) is 4.48. The summed E-state index contributed by atoms with van der Waals surface area (Å²) in [6, 6.07) is 11.8. The summed E-state index contributed by atoms with van der Waals surface area (Å²) >= 11 is 0. The quantitative estimate of drug-likeness (QED) is 0.730. The summed E-state index contributed by atoms with van der Waals surface area (Å²) in [6.45, 7) is 0.565. The number of hydrogen-bond acceptors (Lipinski definition) is 4. The normalized spacial score (nSPS) is 15.5. The van der Waals surface area contributed by atoms with Gasteiger partial charge in [-0.3, -0.25) is 9.89 Å². The number of hydrogen-bond donors (Lipinski definition) is 2. The lowest BCUT2D eigenvalue weighted by atomic mass is 10.0. The Balaban J connectivity index is 1.55. The van der Waals surface area contributed by atoms with Crippen LogP contribution in [0.25, 0.3) is 5.65 Å². The van der Waals surface area contributed by atoms with Gasteiger partial charge < -0.3 is 10.1 Å². The van der Waals surface area contributed by atoms with E-state index in [4.69, 9.17) is 4.74 Å². The number of methoxy groups -OCH3 is 1. The van der Waals surface area contributed by atoms with Crippen molar-refractivity contribution >= 4 is 5.65 Å². The Hall–Kier alpha value is -2.60. The van der Waals surface area contributed by atoms with Crippen LogP contribution in [-0.2, 0) is 6.54 Å². The van der Waals surface area contributed by atoms with Gasteiger partial charge in [0.2, 0.25) is 0 Å². The standard InChI is InChI=1S/C18H20N4O2/c1-24-15-4-2-3-13(9-15)18(12-5-6-12)19-11-14-10-17(23)22-16(21-14)7-8-20-22/h2-4,7-10,12,18-20H,5-6,11H2,1H3. The fourth-order valence-corrected chi connectivity index (χ4v) is 3.10. The Kier molecular flexibility index (Phi) is 3.82. The molecule has 0 aliphatic heterocycles. The molecule has 6 heteroatoms. The van der Waals surface area contributed by atoms with E-state index in [0.29, 0.717) is 18.1 Å². The van der Waals surface area contributed by atoms with E-state index in [1.807, 2.05) is 12.1 Å². The zero-order valence-corrected chi connectivity index (χ0v) is 13.5. The van der Waals surface area contributed by atoms with Gasteiger partial charge in [0.15, 0.2) is 5.65 Å². The number of nitrogens with one attached hydrogen (secondary N) is 2. The molecule has 1 fully saturated rings. The molecule has 1 aromatic carbocycles. The molecule has 1 atom stereocenters. The fourth-order valence-electron chi connectivity index (χ4n) is 3.10. The predicted octanol–water partition coefficient (Wildman–Crippen LogP) is 2.27. The Bertz CT molecular complexity index is 911. The molecule has 2 heterocycles. The molecule has 3 aromatic rings. The van der Waals surface area contributed by atoms with Crippen molar-refractivity contribution in [1.82, 2.24) is 19.9 Å². The van der Waals surface area contributed by atoms with E-state index in [-0.39, 0.29) is 11.6 Å². The Morgan fingerprint density at radius 2 is 2.25 bits per heavy atom. The molecular formula is C18H20N4O2. The molecule has 1 aliphatic carbocycles. The largest absolute Gasteiger partial charge is 0.497 e. The molecule has 0 bridgehead atoms. The molecule has 6 nitrogen and oxygen atoms in total. The monoisotopic (exact) mass is 324 g/mol. The zero-order chi connectivity index (χ0) is 16.5. The van der Waals surface area contributed by atoms with Crippen molar-refractivity contribution in [3.8, 4) is 5.75 Å². The van der Waals surface area contributed by atoms with Crippen molar-refractivity contribution in [1.29, 1.82) is 0 Å². The summed E-state index contributed by atoms with van der Waals surface area (Å²) in [7, 11) is 1.68. The molecule has 0 radical (unpaired) electrons. The van der Waals surface area contributed by atoms with Crippen molar-refractivity contribution in [3.63, 3.8) is 0 Å². The predicted molar refractivity (Wildman–Crippen MR) is 91.1 cm³/mol. The maximum atomic E-state index is 12.1. The van der Waals surface area contributed by atoms with Crippen LogP contribution in [0, 0.1) is 5.92 Å². The molecule has 124 valence electrons. The second-order valence-corrected chi connectivity index (χ2v) is 6.21. The maximum absolute atomic E-state index is 12.1. The van der Waals surface area contributed by atoms with E-state index in [0.717, 1.165) is 11.4 Å². The van der Waals surface area contributed by atoms with Crippen molar-refractivity contribution in [2.75, 3.05) is 7.11 Å². The van der Waals surface area contributed by atoms with E-state index < -0.39 is 0 Å². The fraction of sp³-hybridized carbons (Fsp3) is 0.333. The van der Waals surface area contributed by atoms with Gasteiger partial charge in [-0.05, 0) is 36.5 Å². The Labute approximate surface area is 139 Å². The highest BCUT2D eigenvalue weighted by molar-refractivity contribution is 5.36. The highest BCUT2D eigenvalue weighted by Gasteiger charge is 2.32. The van der Waals surface area contributed by atoms with Crippen molar-refractivity contribution in [2.24, 2.45) is 5.92 Å². The van der Waals surface area contributed by atoms with Gasteiger partial charge in [-0.2, -0.15) is 0 Å². The number of nitrogens with zero attached hydrogens (tertiary/aromatic N) is 2. The maximum Gasteiger partial charge on any atom is 0.272 e. The lowest BCUT2D eigenvalue weighted by Crippen LogP contribution is -2.25. The average Bonchev–Trinajstić information content (AvgIpc) is 3.32. The zero-order valence-electron chi connectivity index (χ0n) is 13.5. The number of fused-ring (bicyclic) bond motifs is 1. The minimum atomic E-state index is -0.0915. The number of aromatic nitrogens is 3. The Morgan fingerprint density at radius 1 is 1.38 bits per heavy atom. The van der Waals surface area contributed by atoms with Crippen LogP contribution in [0.4, 0.5) is 0 Å². The summed E-state index contributed by atoms with van der Waals surface area (Å²) in [5, 5.41) is 6.43. The molecule has 0 spiro atoms. The van der Waals surface area contributed by atoms with Crippen LogP contribution in [-0.4, -0.2) is 21.7 Å². The molecule has 0 saturated heterocycles. The number of aromatic amines is 1. The van der Waals surface area contributed by atoms with Crippen LogP contribution < -0.4 is 15.6 Å². The second-order valence-electron chi connectivity index (χ2n) is 6.21. The first-order valence-corrected chi connectivity index (χ1v) is 8.18. The van der Waals surface area contributed by atoms with E-state index in [1.54, 1.807) is 25.4 Å². The molecule has 2 aromatic heterocycles. The van der Waals surface area contributed by atoms with Gasteiger partial charge in [-0.1, -0.05) is 12.1 Å². The molecular weight excluding hydrogens is 304 g/mol. The van der Waals surface area contributed by atoms with Crippen LogP contribution in [0.5, 0.6) is 5.75 Å². The van der Waals surface area contributed by atoms with Crippen molar-refractivity contribution < 1.29 is 4.74 Å². The molecule has 1 saturated carbocycles. The highest BCUT2D eigenvalue weighted by atomic mass is 16.5. The lowest BCUT2D eigenvalue weighted by Gasteiger charge is -2.19. The molecule has 4 rings (SSSR count). The number of rotatable bonds is 6. The van der Waals surface area contributed by atoms with Gasteiger partial charge in [0.1, 0.15) is 5.75 Å². The third-order valence-electron chi connectivity index (χ3n) is 4.48. The summed E-state index contributed by atoms with van der Waals surface area (Å²) in [6.07, 6.45) is 4.16. The number of H-pyrrole nitrogens is 1. The van der Waals surface area contributed by atoms with Crippen LogP contribution in [0.2, 0.25) is 0 Å². The first-order valence-electron chi connectivity index (χ1n) is 8.18. The summed E-state index contributed by atoms with van der Waals surface area (Å²) < 4.78 is 6.77. The van der Waals surface area contributed by atoms with Crippen molar-refractivity contribution in [3.05, 3.63) is 64.2 Å². The summed E-state index contributed by atoms with van der Waals surface area (Å²) in [4.78, 5) is 16.6. The van der Waals surface area contributed by atoms with Crippen LogP contribution >= 0.6 is 0 Å². The van der Waals surface area contributed by atoms with Gasteiger partial charge in [-0.15, -0.1) is 0 Å². The smallest absolute Gasteiger partial charge is 0.272 e. The summed E-state index contributed by atoms with van der Waals surface area (Å²) in [5.41, 5.74) is 2.53. The first-order chi connectivity index (χ1) is 11.7. The average molecular weight is 324 g/mol. The molecule has 0 amide bonds. The molecule has 1 unspecified atom stereocenters. The van der Waals surface area contributed by atoms with Gasteiger partial charge in [0.25, 0.3) is 5.56 Å². The van der Waals surface area contributed by atoms with Crippen LogP contribution in [0.3, 0.4) is 0 Å². The molecule has 24 heavy (non-hydrogen) atoms. The Morgan fingerprint density at radius 3 is 3.04 bits per heavy atom. The lowest BCUT2D eigenvalue weighted by molar-refractivity contribution is 0.411. The minimum Gasteiger partial charge on any atom is -0.497 e. The van der Waals surface area contributed by atoms with E-state index in [2.05, 4.69) is 27.5 Å². The van der Waals surface area contributed by atoms with Gasteiger partial charge in [-0.25, -0.2) is 9.50 Å². The van der Waals surface area contributed by atoms with E-state index in [9.17, 15) is 4.79 Å². The first kappa shape index (κ1) is 15.0. The number of benzene rings is 1. The van der Waals surface area contributed by atoms with Crippen molar-refractivity contribution in [2.45, 2.75) is 25.4 Å². The summed E-state index contributed by atoms with van der Waals surface area (Å²) in [5.74, 6) is 1.50. The van der Waals surface area contributed by atoms with Gasteiger partial charge in [0.05, 0.1) is 12.8 Å². The number of ether oxygens (including phenoxy) is 1. The topological polar surface area (TPSA) is 71.4 Å². The second kappa shape index (κ2) is 6.13. The van der Waals surface area contributed by atoms with Gasteiger partial charge in [0, 0.05) is 30.9 Å². The molecule has 2 N–H and O–H groups in total. The van der Waals surface area contributed by atoms with Crippen LogP contribution in [0.1, 0.15) is 30.1 Å².